The van der Waals surface area contributed by atoms with Gasteiger partial charge in [-0.15, -0.1) is 0 Å². The van der Waals surface area contributed by atoms with Crippen LogP contribution < -0.4 is 9.62 Å². The number of carbonyl (C=O) groups is 1. The molecule has 0 radical (unpaired) electrons. The van der Waals surface area contributed by atoms with Crippen molar-refractivity contribution in [3.63, 3.8) is 0 Å². The number of rotatable bonds is 7. The zero-order chi connectivity index (χ0) is 21.2. The van der Waals surface area contributed by atoms with Crippen molar-refractivity contribution in [1.29, 1.82) is 0 Å². The summed E-state index contributed by atoms with van der Waals surface area (Å²) in [6.07, 6.45) is 4.90. The van der Waals surface area contributed by atoms with Crippen LogP contribution >= 0.6 is 0 Å². The summed E-state index contributed by atoms with van der Waals surface area (Å²) in [6.45, 7) is 5.71. The maximum atomic E-state index is 13.1. The minimum absolute atomic E-state index is 0.193. The van der Waals surface area contributed by atoms with Crippen LogP contribution in [-0.4, -0.2) is 26.6 Å². The zero-order valence-corrected chi connectivity index (χ0v) is 18.4. The van der Waals surface area contributed by atoms with Crippen LogP contribution in [-0.2, 0) is 27.7 Å². The molecule has 3 rings (SSSR count). The molecule has 1 aliphatic rings. The largest absolute Gasteiger partial charge is 0.348 e. The van der Waals surface area contributed by atoms with Crippen molar-refractivity contribution in [3.8, 4) is 0 Å². The number of hydrogen-bond donors (Lipinski definition) is 1. The second kappa shape index (κ2) is 8.57. The molecule has 5 nitrogen and oxygen atoms in total. The van der Waals surface area contributed by atoms with Crippen molar-refractivity contribution in [2.24, 2.45) is 0 Å². The van der Waals surface area contributed by atoms with Gasteiger partial charge in [0.25, 0.3) is 0 Å². The van der Waals surface area contributed by atoms with Crippen LogP contribution in [0.15, 0.2) is 42.5 Å². The minimum atomic E-state index is -3.62. The van der Waals surface area contributed by atoms with E-state index < -0.39 is 16.1 Å². The molecule has 1 amide bonds. The Morgan fingerprint density at radius 3 is 2.38 bits per heavy atom. The third-order valence-corrected chi connectivity index (χ3v) is 6.78. The average Bonchev–Trinajstić information content (AvgIpc) is 3.13. The molecule has 156 valence electrons. The number of sulfonamides is 1. The second-order valence-electron chi connectivity index (χ2n) is 7.93. The molecular weight excluding hydrogens is 384 g/mol. The first kappa shape index (κ1) is 21.4. The molecule has 0 aromatic heterocycles. The maximum Gasteiger partial charge on any atom is 0.244 e. The molecule has 0 aliphatic heterocycles. The molecule has 2 aromatic carbocycles. The highest BCUT2D eigenvalue weighted by Crippen LogP contribution is 2.27. The van der Waals surface area contributed by atoms with E-state index in [2.05, 4.69) is 23.5 Å². The highest BCUT2D eigenvalue weighted by Gasteiger charge is 2.32. The van der Waals surface area contributed by atoms with Crippen LogP contribution in [0.25, 0.3) is 0 Å². The number of carbonyl (C=O) groups excluding carboxylic acids is 1. The fraction of sp³-hybridized carbons (Fsp3) is 0.435. The summed E-state index contributed by atoms with van der Waals surface area (Å²) in [5.41, 5.74) is 5.33. The second-order valence-corrected chi connectivity index (χ2v) is 9.79. The molecule has 0 bridgehead atoms. The van der Waals surface area contributed by atoms with Gasteiger partial charge in [-0.05, 0) is 68.4 Å². The lowest BCUT2D eigenvalue weighted by Crippen LogP contribution is -2.49. The van der Waals surface area contributed by atoms with Gasteiger partial charge in [-0.1, -0.05) is 42.8 Å². The molecule has 2 atom stereocenters. The Labute approximate surface area is 174 Å². The molecular formula is C23H30N2O3S. The van der Waals surface area contributed by atoms with Gasteiger partial charge in [0, 0.05) is 0 Å². The number of fused-ring (bicyclic) bond motifs is 1. The van der Waals surface area contributed by atoms with Gasteiger partial charge in [0.15, 0.2) is 0 Å². The van der Waals surface area contributed by atoms with E-state index in [1.807, 2.05) is 32.9 Å². The van der Waals surface area contributed by atoms with Gasteiger partial charge in [0.05, 0.1) is 18.0 Å². The highest BCUT2D eigenvalue weighted by molar-refractivity contribution is 7.92. The van der Waals surface area contributed by atoms with Gasteiger partial charge in [0.2, 0.25) is 15.9 Å². The number of hydrogen-bond acceptors (Lipinski definition) is 3. The summed E-state index contributed by atoms with van der Waals surface area (Å²) in [4.78, 5) is 13.1. The smallest absolute Gasteiger partial charge is 0.244 e. The summed E-state index contributed by atoms with van der Waals surface area (Å²) in [7, 11) is -3.62. The predicted octanol–water partition coefficient (Wildman–Crippen LogP) is 3.91. The van der Waals surface area contributed by atoms with Gasteiger partial charge in [0.1, 0.15) is 6.04 Å². The van der Waals surface area contributed by atoms with Crippen molar-refractivity contribution in [1.82, 2.24) is 5.32 Å². The van der Waals surface area contributed by atoms with E-state index in [1.54, 1.807) is 12.1 Å². The first-order chi connectivity index (χ1) is 13.7. The van der Waals surface area contributed by atoms with E-state index in [0.29, 0.717) is 12.1 Å². The summed E-state index contributed by atoms with van der Waals surface area (Å²) < 4.78 is 26.3. The van der Waals surface area contributed by atoms with Crippen LogP contribution in [0.3, 0.4) is 0 Å². The van der Waals surface area contributed by atoms with Gasteiger partial charge in [-0.2, -0.15) is 0 Å². The standard InChI is InChI=1S/C23H30N2O3S/c1-5-22(25(29(4,27)28)21-13-9-16(2)10-14-21)23(26)24-17(3)19-12-11-18-7-6-8-20(18)15-19/h9-15,17,22H,5-8H2,1-4H3,(H,24,26)/t17-,22-/m0/s1. The Balaban J connectivity index is 1.83. The number of nitrogens with zero attached hydrogens (tertiary/aromatic N) is 1. The minimum Gasteiger partial charge on any atom is -0.348 e. The quantitative estimate of drug-likeness (QED) is 0.747. The molecule has 0 unspecified atom stereocenters. The monoisotopic (exact) mass is 414 g/mol. The Kier molecular flexibility index (Phi) is 6.32. The predicted molar refractivity (Wildman–Crippen MR) is 118 cm³/mol. The van der Waals surface area contributed by atoms with Gasteiger partial charge >= 0.3 is 0 Å². The fourth-order valence-electron chi connectivity index (χ4n) is 4.01. The van der Waals surface area contributed by atoms with Crippen LogP contribution in [0.5, 0.6) is 0 Å². The summed E-state index contributed by atoms with van der Waals surface area (Å²) >= 11 is 0. The number of amides is 1. The molecule has 0 saturated carbocycles. The first-order valence-electron chi connectivity index (χ1n) is 10.2. The Hall–Kier alpha value is -2.34. The summed E-state index contributed by atoms with van der Waals surface area (Å²) in [5.74, 6) is -0.286. The summed E-state index contributed by atoms with van der Waals surface area (Å²) in [5, 5.41) is 3.03. The van der Waals surface area contributed by atoms with Crippen molar-refractivity contribution in [2.45, 2.75) is 58.5 Å². The Morgan fingerprint density at radius 1 is 1.10 bits per heavy atom. The molecule has 0 spiro atoms. The Bertz CT molecular complexity index is 984. The zero-order valence-electron chi connectivity index (χ0n) is 17.6. The molecule has 0 fully saturated rings. The van der Waals surface area contributed by atoms with E-state index in [1.165, 1.54) is 21.9 Å². The lowest BCUT2D eigenvalue weighted by Gasteiger charge is -2.31. The molecule has 2 aromatic rings. The molecule has 0 heterocycles. The van der Waals surface area contributed by atoms with Crippen molar-refractivity contribution >= 4 is 21.6 Å². The van der Waals surface area contributed by atoms with Gasteiger partial charge < -0.3 is 5.32 Å². The van der Waals surface area contributed by atoms with Crippen LogP contribution in [0.4, 0.5) is 5.69 Å². The summed E-state index contributed by atoms with van der Waals surface area (Å²) in [6, 6.07) is 12.6. The lowest BCUT2D eigenvalue weighted by atomic mass is 10.0. The molecule has 0 saturated heterocycles. The highest BCUT2D eigenvalue weighted by atomic mass is 32.2. The van der Waals surface area contributed by atoms with Crippen LogP contribution in [0.1, 0.15) is 55.0 Å². The molecule has 1 aliphatic carbocycles. The van der Waals surface area contributed by atoms with Crippen molar-refractivity contribution < 1.29 is 13.2 Å². The molecule has 29 heavy (non-hydrogen) atoms. The number of nitrogens with one attached hydrogen (secondary N) is 1. The molecule has 1 N–H and O–H groups in total. The topological polar surface area (TPSA) is 66.5 Å². The normalized spacial score (nSPS) is 15.4. The SMILES string of the molecule is CC[C@@H](C(=O)N[C@@H](C)c1ccc2c(c1)CCC2)N(c1ccc(C)cc1)S(C)(=O)=O. The third kappa shape index (κ3) is 4.81. The number of anilines is 1. The third-order valence-electron chi connectivity index (χ3n) is 5.60. The van der Waals surface area contributed by atoms with E-state index in [0.717, 1.165) is 30.2 Å². The maximum absolute atomic E-state index is 13.1. The number of benzene rings is 2. The van der Waals surface area contributed by atoms with E-state index in [9.17, 15) is 13.2 Å². The fourth-order valence-corrected chi connectivity index (χ4v) is 5.22. The van der Waals surface area contributed by atoms with E-state index >= 15 is 0 Å². The van der Waals surface area contributed by atoms with Gasteiger partial charge in [-0.3, -0.25) is 9.10 Å². The average molecular weight is 415 g/mol. The van der Waals surface area contributed by atoms with E-state index in [4.69, 9.17) is 0 Å². The van der Waals surface area contributed by atoms with E-state index in [-0.39, 0.29) is 11.9 Å². The lowest BCUT2D eigenvalue weighted by molar-refractivity contribution is -0.122. The van der Waals surface area contributed by atoms with Crippen LogP contribution in [0, 0.1) is 6.92 Å². The number of aryl methyl sites for hydroxylation is 3. The first-order valence-corrected chi connectivity index (χ1v) is 12.0. The van der Waals surface area contributed by atoms with Crippen LogP contribution in [0.2, 0.25) is 0 Å². The van der Waals surface area contributed by atoms with Crippen molar-refractivity contribution in [2.75, 3.05) is 10.6 Å². The Morgan fingerprint density at radius 2 is 1.76 bits per heavy atom. The van der Waals surface area contributed by atoms with Crippen molar-refractivity contribution in [3.05, 3.63) is 64.7 Å². The van der Waals surface area contributed by atoms with Gasteiger partial charge in [-0.25, -0.2) is 8.42 Å². The molecule has 6 heteroatoms.